The molecule has 1 aromatic carbocycles. The van der Waals surface area contributed by atoms with E-state index in [0.717, 1.165) is 32.8 Å². The molecule has 0 radical (unpaired) electrons. The molecule has 0 N–H and O–H groups in total. The van der Waals surface area contributed by atoms with E-state index >= 15 is 0 Å². The first kappa shape index (κ1) is 17.0. The van der Waals surface area contributed by atoms with E-state index in [2.05, 4.69) is 24.0 Å². The van der Waals surface area contributed by atoms with Gasteiger partial charge >= 0.3 is 0 Å². The topological polar surface area (TPSA) is 32.8 Å². The summed E-state index contributed by atoms with van der Waals surface area (Å²) in [7, 11) is 0. The normalized spacial score (nSPS) is 17.5. The SMILES string of the molecule is CC(C)C(=O)N(Cc1ccccc1)[C@H](C)CN1CCOCC1. The fourth-order valence-corrected chi connectivity index (χ4v) is 2.82. The largest absolute Gasteiger partial charge is 0.379 e. The summed E-state index contributed by atoms with van der Waals surface area (Å²) in [5, 5.41) is 0. The number of hydrogen-bond acceptors (Lipinski definition) is 3. The third-order valence-corrected chi connectivity index (χ3v) is 4.13. The molecule has 122 valence electrons. The molecule has 4 nitrogen and oxygen atoms in total. The van der Waals surface area contributed by atoms with Crippen LogP contribution in [0.5, 0.6) is 0 Å². The molecule has 1 aliphatic heterocycles. The summed E-state index contributed by atoms with van der Waals surface area (Å²) >= 11 is 0. The molecular weight excluding hydrogens is 276 g/mol. The lowest BCUT2D eigenvalue weighted by atomic mass is 10.1. The van der Waals surface area contributed by atoms with E-state index in [1.54, 1.807) is 0 Å². The van der Waals surface area contributed by atoms with Crippen LogP contribution in [-0.2, 0) is 16.1 Å². The molecule has 0 unspecified atom stereocenters. The second-order valence-corrected chi connectivity index (χ2v) is 6.37. The van der Waals surface area contributed by atoms with Gasteiger partial charge in [0.1, 0.15) is 0 Å². The van der Waals surface area contributed by atoms with Crippen molar-refractivity contribution in [2.24, 2.45) is 5.92 Å². The van der Waals surface area contributed by atoms with Crippen LogP contribution in [0.3, 0.4) is 0 Å². The molecule has 1 fully saturated rings. The maximum Gasteiger partial charge on any atom is 0.225 e. The van der Waals surface area contributed by atoms with Crippen molar-refractivity contribution in [3.05, 3.63) is 35.9 Å². The van der Waals surface area contributed by atoms with Gasteiger partial charge in [0, 0.05) is 38.1 Å². The smallest absolute Gasteiger partial charge is 0.225 e. The first-order valence-corrected chi connectivity index (χ1v) is 8.22. The molecule has 1 aromatic rings. The summed E-state index contributed by atoms with van der Waals surface area (Å²) in [6.07, 6.45) is 0. The Morgan fingerprint density at radius 3 is 2.41 bits per heavy atom. The molecule has 22 heavy (non-hydrogen) atoms. The van der Waals surface area contributed by atoms with Crippen LogP contribution >= 0.6 is 0 Å². The minimum absolute atomic E-state index is 0.0239. The van der Waals surface area contributed by atoms with Gasteiger partial charge in [-0.25, -0.2) is 0 Å². The van der Waals surface area contributed by atoms with Gasteiger partial charge in [-0.3, -0.25) is 9.69 Å². The maximum atomic E-state index is 12.6. The van der Waals surface area contributed by atoms with Crippen LogP contribution in [-0.4, -0.2) is 54.6 Å². The van der Waals surface area contributed by atoms with Gasteiger partial charge in [0.05, 0.1) is 13.2 Å². The third-order valence-electron chi connectivity index (χ3n) is 4.13. The van der Waals surface area contributed by atoms with Gasteiger partial charge in [-0.1, -0.05) is 44.2 Å². The van der Waals surface area contributed by atoms with Crippen LogP contribution < -0.4 is 0 Å². The van der Waals surface area contributed by atoms with E-state index in [0.29, 0.717) is 6.54 Å². The van der Waals surface area contributed by atoms with Crippen LogP contribution in [0.2, 0.25) is 0 Å². The van der Waals surface area contributed by atoms with Crippen molar-refractivity contribution in [3.63, 3.8) is 0 Å². The first-order valence-electron chi connectivity index (χ1n) is 8.22. The molecule has 0 spiro atoms. The van der Waals surface area contributed by atoms with Crippen molar-refractivity contribution < 1.29 is 9.53 Å². The Labute approximate surface area is 134 Å². The summed E-state index contributed by atoms with van der Waals surface area (Å²) in [6, 6.07) is 10.4. The van der Waals surface area contributed by atoms with Gasteiger partial charge in [0.2, 0.25) is 5.91 Å². The molecule has 2 rings (SSSR count). The standard InChI is InChI=1S/C18H28N2O2/c1-15(2)18(21)20(14-17-7-5-4-6-8-17)16(3)13-19-9-11-22-12-10-19/h4-8,15-16H,9-14H2,1-3H3/t16-/m1/s1. The van der Waals surface area contributed by atoms with Gasteiger partial charge in [-0.2, -0.15) is 0 Å². The summed E-state index contributed by atoms with van der Waals surface area (Å²) in [6.45, 7) is 11.2. The molecule has 0 bridgehead atoms. The van der Waals surface area contributed by atoms with Crippen molar-refractivity contribution >= 4 is 5.91 Å². The number of rotatable bonds is 6. The van der Waals surface area contributed by atoms with Crippen molar-refractivity contribution in [3.8, 4) is 0 Å². The summed E-state index contributed by atoms with van der Waals surface area (Å²) in [4.78, 5) is 17.0. The molecule has 0 saturated carbocycles. The highest BCUT2D eigenvalue weighted by atomic mass is 16.5. The lowest BCUT2D eigenvalue weighted by molar-refractivity contribution is -0.137. The number of amides is 1. The fraction of sp³-hybridized carbons (Fsp3) is 0.611. The second kappa shape index (κ2) is 8.30. The first-order chi connectivity index (χ1) is 10.6. The number of morpholine rings is 1. The van der Waals surface area contributed by atoms with E-state index in [-0.39, 0.29) is 17.9 Å². The van der Waals surface area contributed by atoms with E-state index < -0.39 is 0 Å². The van der Waals surface area contributed by atoms with Crippen LogP contribution in [0.25, 0.3) is 0 Å². The van der Waals surface area contributed by atoms with E-state index in [1.807, 2.05) is 36.9 Å². The number of hydrogen-bond donors (Lipinski definition) is 0. The molecule has 0 aromatic heterocycles. The fourth-order valence-electron chi connectivity index (χ4n) is 2.82. The van der Waals surface area contributed by atoms with Crippen molar-refractivity contribution in [2.75, 3.05) is 32.8 Å². The number of carbonyl (C=O) groups excluding carboxylic acids is 1. The Kier molecular flexibility index (Phi) is 6.40. The van der Waals surface area contributed by atoms with Crippen molar-refractivity contribution in [2.45, 2.75) is 33.4 Å². The molecule has 1 saturated heterocycles. The van der Waals surface area contributed by atoms with Gasteiger partial charge in [-0.05, 0) is 12.5 Å². The van der Waals surface area contributed by atoms with Crippen LogP contribution in [0.15, 0.2) is 30.3 Å². The molecule has 1 atom stereocenters. The lowest BCUT2D eigenvalue weighted by Crippen LogP contribution is -2.48. The predicted octanol–water partition coefficient (Wildman–Crippen LogP) is 2.39. The number of ether oxygens (including phenoxy) is 1. The number of carbonyl (C=O) groups is 1. The maximum absolute atomic E-state index is 12.6. The average Bonchev–Trinajstić information content (AvgIpc) is 2.53. The summed E-state index contributed by atoms with van der Waals surface area (Å²) in [5.74, 6) is 0.250. The average molecular weight is 304 g/mol. The molecule has 1 aliphatic rings. The van der Waals surface area contributed by atoms with Gasteiger partial charge in [0.25, 0.3) is 0 Å². The second-order valence-electron chi connectivity index (χ2n) is 6.37. The van der Waals surface area contributed by atoms with E-state index in [4.69, 9.17) is 4.74 Å². The van der Waals surface area contributed by atoms with E-state index in [9.17, 15) is 4.79 Å². The summed E-state index contributed by atoms with van der Waals surface area (Å²) in [5.41, 5.74) is 1.19. The van der Waals surface area contributed by atoms with Crippen molar-refractivity contribution in [1.29, 1.82) is 0 Å². The lowest BCUT2D eigenvalue weighted by Gasteiger charge is -2.36. The highest BCUT2D eigenvalue weighted by Crippen LogP contribution is 2.14. The quantitative estimate of drug-likeness (QED) is 0.809. The minimum Gasteiger partial charge on any atom is -0.379 e. The summed E-state index contributed by atoms with van der Waals surface area (Å²) < 4.78 is 5.40. The Bertz CT molecular complexity index is 455. The Hall–Kier alpha value is -1.39. The Morgan fingerprint density at radius 1 is 1.18 bits per heavy atom. The molecular formula is C18H28N2O2. The highest BCUT2D eigenvalue weighted by Gasteiger charge is 2.25. The Morgan fingerprint density at radius 2 is 1.82 bits per heavy atom. The molecule has 1 amide bonds. The monoisotopic (exact) mass is 304 g/mol. The zero-order chi connectivity index (χ0) is 15.9. The molecule has 0 aliphatic carbocycles. The van der Waals surface area contributed by atoms with Gasteiger partial charge in [0.15, 0.2) is 0 Å². The Balaban J connectivity index is 2.04. The van der Waals surface area contributed by atoms with Crippen molar-refractivity contribution in [1.82, 2.24) is 9.80 Å². The predicted molar refractivity (Wildman–Crippen MR) is 88.6 cm³/mol. The van der Waals surface area contributed by atoms with E-state index in [1.165, 1.54) is 5.56 Å². The third kappa shape index (κ3) is 4.82. The van der Waals surface area contributed by atoms with Crippen LogP contribution in [0.4, 0.5) is 0 Å². The van der Waals surface area contributed by atoms with Gasteiger partial charge in [-0.15, -0.1) is 0 Å². The highest BCUT2D eigenvalue weighted by molar-refractivity contribution is 5.78. The van der Waals surface area contributed by atoms with Crippen LogP contribution in [0, 0.1) is 5.92 Å². The number of nitrogens with zero attached hydrogens (tertiary/aromatic N) is 2. The molecule has 1 heterocycles. The van der Waals surface area contributed by atoms with Gasteiger partial charge < -0.3 is 9.64 Å². The zero-order valence-electron chi connectivity index (χ0n) is 14.0. The van der Waals surface area contributed by atoms with Crippen LogP contribution in [0.1, 0.15) is 26.3 Å². The molecule has 4 heteroatoms. The number of benzene rings is 1. The zero-order valence-corrected chi connectivity index (χ0v) is 14.0. The minimum atomic E-state index is 0.0239.